The van der Waals surface area contributed by atoms with Crippen molar-refractivity contribution in [1.82, 2.24) is 15.2 Å². The molecular weight excluding hydrogens is 454 g/mol. The number of benzene rings is 1. The van der Waals surface area contributed by atoms with Crippen LogP contribution in [0.4, 0.5) is 11.4 Å². The van der Waals surface area contributed by atoms with Gasteiger partial charge in [0.15, 0.2) is 0 Å². The number of nitrogens with one attached hydrogen (secondary N) is 3. The number of hydrazine groups is 1. The molecule has 2 saturated heterocycles. The van der Waals surface area contributed by atoms with Crippen molar-refractivity contribution < 1.29 is 17.9 Å². The van der Waals surface area contributed by atoms with E-state index in [4.69, 9.17) is 4.74 Å². The van der Waals surface area contributed by atoms with Crippen molar-refractivity contribution in [1.29, 1.82) is 0 Å². The number of likely N-dealkylation sites (N-methyl/N-ethyl adjacent to an activating group) is 1. The van der Waals surface area contributed by atoms with E-state index < -0.39 is 15.3 Å². The highest BCUT2D eigenvalue weighted by Crippen LogP contribution is 2.39. The van der Waals surface area contributed by atoms with Crippen LogP contribution in [-0.2, 0) is 19.6 Å². The predicted molar refractivity (Wildman–Crippen MR) is 134 cm³/mol. The van der Waals surface area contributed by atoms with Crippen LogP contribution in [0, 0.1) is 24.7 Å². The summed E-state index contributed by atoms with van der Waals surface area (Å²) in [5, 5.41) is 2.34. The first-order valence-electron chi connectivity index (χ1n) is 12.3. The van der Waals surface area contributed by atoms with E-state index in [2.05, 4.69) is 34.9 Å². The summed E-state index contributed by atoms with van der Waals surface area (Å²) in [4.78, 5) is 15.1. The number of rotatable bonds is 7. The van der Waals surface area contributed by atoms with Gasteiger partial charge in [0.2, 0.25) is 15.9 Å². The van der Waals surface area contributed by atoms with E-state index in [1.54, 1.807) is 0 Å². The molecule has 10 heteroatoms. The number of amides is 1. The molecule has 3 N–H and O–H groups in total. The molecule has 2 aliphatic heterocycles. The van der Waals surface area contributed by atoms with Crippen LogP contribution in [0.25, 0.3) is 0 Å². The maximum absolute atomic E-state index is 13.5. The number of nitrogens with zero attached hydrogens (tertiary/aromatic N) is 2. The molecule has 0 radical (unpaired) electrons. The lowest BCUT2D eigenvalue weighted by Crippen LogP contribution is -2.54. The molecule has 1 aromatic rings. The van der Waals surface area contributed by atoms with Crippen molar-refractivity contribution in [3.05, 3.63) is 23.8 Å². The highest BCUT2D eigenvalue weighted by molar-refractivity contribution is 7.89. The number of carbonyl (C=O) groups is 1. The summed E-state index contributed by atoms with van der Waals surface area (Å²) in [6.07, 6.45) is 1.64. The number of carbonyl (C=O) groups excluding carboxylic acids is 1. The molecule has 9 nitrogen and oxygen atoms in total. The Morgan fingerprint density at radius 3 is 2.68 bits per heavy atom. The van der Waals surface area contributed by atoms with Gasteiger partial charge < -0.3 is 15.0 Å². The quantitative estimate of drug-likeness (QED) is 0.530. The second-order valence-electron chi connectivity index (χ2n) is 10.3. The average Bonchev–Trinajstić information content (AvgIpc) is 3.27. The zero-order chi connectivity index (χ0) is 24.5. The second kappa shape index (κ2) is 10.5. The fourth-order valence-electron chi connectivity index (χ4n) is 5.58. The van der Waals surface area contributed by atoms with Crippen LogP contribution < -0.4 is 21.1 Å². The Kier molecular flexibility index (Phi) is 7.83. The molecule has 190 valence electrons. The van der Waals surface area contributed by atoms with Gasteiger partial charge in [0.05, 0.1) is 25.0 Å². The Morgan fingerprint density at radius 2 is 2.00 bits per heavy atom. The Balaban J connectivity index is 1.40. The number of fused-ring (bicyclic) bond motifs is 1. The largest absolute Gasteiger partial charge is 0.378 e. The lowest BCUT2D eigenvalue weighted by atomic mass is 9.74. The smallest absolute Gasteiger partial charge is 0.239 e. The van der Waals surface area contributed by atoms with Crippen molar-refractivity contribution in [2.24, 2.45) is 17.8 Å². The first-order valence-corrected chi connectivity index (χ1v) is 13.8. The fraction of sp³-hybridized carbons (Fsp3) is 0.708. The van der Waals surface area contributed by atoms with Crippen LogP contribution in [0.3, 0.4) is 0 Å². The Morgan fingerprint density at radius 1 is 1.26 bits per heavy atom. The molecule has 2 heterocycles. The van der Waals surface area contributed by atoms with Gasteiger partial charge in [-0.15, -0.1) is 0 Å². The van der Waals surface area contributed by atoms with E-state index >= 15 is 0 Å². The van der Waals surface area contributed by atoms with Crippen LogP contribution >= 0.6 is 0 Å². The van der Waals surface area contributed by atoms with Gasteiger partial charge in [-0.25, -0.2) is 8.42 Å². The monoisotopic (exact) mass is 493 g/mol. The zero-order valence-electron chi connectivity index (χ0n) is 20.7. The molecule has 3 aliphatic rings. The molecule has 3 fully saturated rings. The normalized spacial score (nSPS) is 27.8. The van der Waals surface area contributed by atoms with Gasteiger partial charge in [0.1, 0.15) is 0 Å². The van der Waals surface area contributed by atoms with Gasteiger partial charge in [0, 0.05) is 44.1 Å². The van der Waals surface area contributed by atoms with Crippen LogP contribution in [-0.4, -0.2) is 76.4 Å². The van der Waals surface area contributed by atoms with Gasteiger partial charge in [0.25, 0.3) is 0 Å². The fourth-order valence-corrected chi connectivity index (χ4v) is 7.49. The van der Waals surface area contributed by atoms with Gasteiger partial charge >= 0.3 is 0 Å². The summed E-state index contributed by atoms with van der Waals surface area (Å²) in [6.45, 7) is 10.0. The third-order valence-corrected chi connectivity index (χ3v) is 9.89. The molecule has 4 atom stereocenters. The number of hydrogen-bond acceptors (Lipinski definition) is 7. The standard InChI is InChI=1S/C24H39N5O4S/c1-16(2)18-12-19-14-25-27-24(19)22(13-18)34(31,32)28(4)15-23(30)26-20-5-6-21(17(3)11-20)29-7-9-33-10-8-29/h5-6,11,16,18-19,22,24-25,27H,7-10,12-15H2,1-4H3,(H,26,30). The molecule has 34 heavy (non-hydrogen) atoms. The van der Waals surface area contributed by atoms with Crippen molar-refractivity contribution >= 4 is 27.3 Å². The third-order valence-electron chi connectivity index (χ3n) is 7.64. The molecule has 4 unspecified atom stereocenters. The number of anilines is 2. The van der Waals surface area contributed by atoms with Crippen molar-refractivity contribution in [2.45, 2.75) is 44.9 Å². The van der Waals surface area contributed by atoms with E-state index in [-0.39, 0.29) is 24.4 Å². The summed E-state index contributed by atoms with van der Waals surface area (Å²) < 4.78 is 33.7. The Labute approximate surface area is 203 Å². The second-order valence-corrected chi connectivity index (χ2v) is 12.5. The minimum absolute atomic E-state index is 0.124. The molecular formula is C24H39N5O4S. The summed E-state index contributed by atoms with van der Waals surface area (Å²) in [7, 11) is -2.14. The molecule has 4 rings (SSSR count). The molecule has 1 saturated carbocycles. The highest BCUT2D eigenvalue weighted by Gasteiger charge is 2.48. The summed E-state index contributed by atoms with van der Waals surface area (Å²) in [5.74, 6) is 0.736. The number of hydrogen-bond donors (Lipinski definition) is 3. The average molecular weight is 494 g/mol. The van der Waals surface area contributed by atoms with Crippen LogP contribution in [0.5, 0.6) is 0 Å². The maximum Gasteiger partial charge on any atom is 0.239 e. The van der Waals surface area contributed by atoms with Crippen molar-refractivity contribution in [2.75, 3.05) is 56.7 Å². The first kappa shape index (κ1) is 25.4. The van der Waals surface area contributed by atoms with Crippen LogP contribution in [0.1, 0.15) is 32.3 Å². The number of ether oxygens (including phenoxy) is 1. The maximum atomic E-state index is 13.5. The number of aryl methyl sites for hydroxylation is 1. The Bertz CT molecular complexity index is 980. The third kappa shape index (κ3) is 5.41. The van der Waals surface area contributed by atoms with E-state index in [1.165, 1.54) is 11.4 Å². The minimum Gasteiger partial charge on any atom is -0.378 e. The van der Waals surface area contributed by atoms with E-state index in [0.717, 1.165) is 37.3 Å². The SMILES string of the molecule is Cc1cc(NC(=O)CN(C)S(=O)(=O)C2CC(C(C)C)CC3CNNC32)ccc1N1CCOCC1. The topological polar surface area (TPSA) is 103 Å². The minimum atomic E-state index is -3.65. The van der Waals surface area contributed by atoms with E-state index in [0.29, 0.717) is 37.2 Å². The van der Waals surface area contributed by atoms with Gasteiger partial charge in [-0.3, -0.25) is 15.6 Å². The summed E-state index contributed by atoms with van der Waals surface area (Å²) >= 11 is 0. The lowest BCUT2D eigenvalue weighted by Gasteiger charge is -2.40. The van der Waals surface area contributed by atoms with Gasteiger partial charge in [-0.05, 0) is 61.3 Å². The first-order chi connectivity index (χ1) is 16.2. The molecule has 1 aliphatic carbocycles. The molecule has 1 amide bonds. The van der Waals surface area contributed by atoms with Gasteiger partial charge in [-0.1, -0.05) is 13.8 Å². The summed E-state index contributed by atoms with van der Waals surface area (Å²) in [6, 6.07) is 5.69. The number of sulfonamides is 1. The van der Waals surface area contributed by atoms with Gasteiger partial charge in [-0.2, -0.15) is 4.31 Å². The molecule has 1 aromatic carbocycles. The van der Waals surface area contributed by atoms with E-state index in [9.17, 15) is 13.2 Å². The molecule has 0 bridgehead atoms. The van der Waals surface area contributed by atoms with Crippen LogP contribution in [0.15, 0.2) is 18.2 Å². The zero-order valence-corrected chi connectivity index (χ0v) is 21.5. The molecule has 0 spiro atoms. The summed E-state index contributed by atoms with van der Waals surface area (Å²) in [5.41, 5.74) is 9.21. The van der Waals surface area contributed by atoms with Crippen molar-refractivity contribution in [3.63, 3.8) is 0 Å². The molecule has 0 aromatic heterocycles. The van der Waals surface area contributed by atoms with E-state index in [1.807, 2.05) is 25.1 Å². The van der Waals surface area contributed by atoms with Crippen molar-refractivity contribution in [3.8, 4) is 0 Å². The Hall–Kier alpha value is -1.72. The predicted octanol–water partition coefficient (Wildman–Crippen LogP) is 1.56. The lowest BCUT2D eigenvalue weighted by molar-refractivity contribution is -0.116. The van der Waals surface area contributed by atoms with Crippen LogP contribution in [0.2, 0.25) is 0 Å². The number of morpholine rings is 1. The highest BCUT2D eigenvalue weighted by atomic mass is 32.2.